The molecule has 0 bridgehead atoms. The molecule has 1 aliphatic heterocycles. The number of nitrogens with zero attached hydrogens (tertiary/aromatic N) is 1. The van der Waals surface area contributed by atoms with Crippen molar-refractivity contribution in [1.29, 1.82) is 0 Å². The van der Waals surface area contributed by atoms with Gasteiger partial charge in [0.25, 0.3) is 0 Å². The number of alkyl halides is 2. The fraction of sp³-hybridized carbons (Fsp3) is 0.667. The van der Waals surface area contributed by atoms with E-state index in [2.05, 4.69) is 6.58 Å². The smallest absolute Gasteiger partial charge is 0.244 e. The predicted molar refractivity (Wildman–Crippen MR) is 55.2 cm³/mol. The molecule has 2 nitrogen and oxygen atoms in total. The average molecular weight is 222 g/mol. The van der Waals surface area contributed by atoms with Crippen LogP contribution in [0.1, 0.15) is 6.92 Å². The first-order chi connectivity index (χ1) is 6.04. The first kappa shape index (κ1) is 10.9. The third-order valence-electron chi connectivity index (χ3n) is 2.45. The zero-order valence-electron chi connectivity index (χ0n) is 7.59. The lowest BCUT2D eigenvalue weighted by atomic mass is 9.99. The first-order valence-corrected chi connectivity index (χ1v) is 5.10. The van der Waals surface area contributed by atoms with Crippen LogP contribution in [0.5, 0.6) is 0 Å². The molecular weight excluding hydrogens is 209 g/mol. The molecule has 1 rings (SSSR count). The Kier molecular flexibility index (Phi) is 3.25. The van der Waals surface area contributed by atoms with Crippen LogP contribution in [0.4, 0.5) is 0 Å². The number of carbonyl (C=O) groups excluding carboxylic acids is 1. The van der Waals surface area contributed by atoms with Gasteiger partial charge in [-0.3, -0.25) is 4.79 Å². The van der Waals surface area contributed by atoms with Gasteiger partial charge in [-0.2, -0.15) is 0 Å². The number of hydrogen-bond donors (Lipinski definition) is 0. The van der Waals surface area contributed by atoms with E-state index in [4.69, 9.17) is 23.2 Å². The fourth-order valence-electron chi connectivity index (χ4n) is 1.51. The van der Waals surface area contributed by atoms with Crippen molar-refractivity contribution in [2.45, 2.75) is 11.8 Å². The predicted octanol–water partition coefficient (Wildman–Crippen LogP) is 1.87. The van der Waals surface area contributed by atoms with E-state index in [0.717, 1.165) is 0 Å². The Balaban J connectivity index is 2.78. The van der Waals surface area contributed by atoms with Gasteiger partial charge in [0.05, 0.1) is 0 Å². The maximum Gasteiger partial charge on any atom is 0.244 e. The largest absolute Gasteiger partial charge is 0.337 e. The molecule has 13 heavy (non-hydrogen) atoms. The molecule has 0 aromatic rings. The van der Waals surface area contributed by atoms with E-state index in [1.807, 2.05) is 0 Å². The van der Waals surface area contributed by atoms with E-state index in [-0.39, 0.29) is 11.8 Å². The lowest BCUT2D eigenvalue weighted by Gasteiger charge is -2.18. The molecule has 2 unspecified atom stereocenters. The van der Waals surface area contributed by atoms with Crippen LogP contribution in [0.3, 0.4) is 0 Å². The normalized spacial score (nSPS) is 33.9. The van der Waals surface area contributed by atoms with Gasteiger partial charge in [-0.1, -0.05) is 6.08 Å². The number of hydrogen-bond acceptors (Lipinski definition) is 1. The fourth-order valence-corrected chi connectivity index (χ4v) is 2.26. The van der Waals surface area contributed by atoms with E-state index in [9.17, 15) is 4.79 Å². The summed E-state index contributed by atoms with van der Waals surface area (Å²) in [5.74, 6) is 0.405. The molecule has 1 heterocycles. The summed E-state index contributed by atoms with van der Waals surface area (Å²) in [5.41, 5.74) is 0. The molecule has 1 amide bonds. The Hall–Kier alpha value is -0.210. The molecule has 0 aromatic heterocycles. The Bertz CT molecular complexity index is 228. The van der Waals surface area contributed by atoms with Crippen LogP contribution in [0, 0.1) is 5.92 Å². The standard InChI is InChI=1S/C9H13Cl2NO/c1-3-4-12-6-7(5-10)9(2,11)8(12)13/h3,7H,1,4-6H2,2H3. The Morgan fingerprint density at radius 1 is 1.85 bits per heavy atom. The quantitative estimate of drug-likeness (QED) is 0.527. The van der Waals surface area contributed by atoms with Crippen LogP contribution in [0.15, 0.2) is 12.7 Å². The highest BCUT2D eigenvalue weighted by Gasteiger charge is 2.48. The van der Waals surface area contributed by atoms with E-state index in [1.54, 1.807) is 17.9 Å². The summed E-state index contributed by atoms with van der Waals surface area (Å²) in [6, 6.07) is 0. The summed E-state index contributed by atoms with van der Waals surface area (Å²) >= 11 is 11.8. The van der Waals surface area contributed by atoms with Crippen LogP contribution < -0.4 is 0 Å². The topological polar surface area (TPSA) is 20.3 Å². The van der Waals surface area contributed by atoms with Crippen molar-refractivity contribution >= 4 is 29.1 Å². The number of rotatable bonds is 3. The van der Waals surface area contributed by atoms with Crippen LogP contribution in [0.25, 0.3) is 0 Å². The third-order valence-corrected chi connectivity index (χ3v) is 3.29. The minimum atomic E-state index is -0.829. The second-order valence-electron chi connectivity index (χ2n) is 3.43. The molecule has 2 atom stereocenters. The first-order valence-electron chi connectivity index (χ1n) is 4.19. The SMILES string of the molecule is C=CCN1CC(CCl)C(C)(Cl)C1=O. The van der Waals surface area contributed by atoms with Gasteiger partial charge in [0.1, 0.15) is 4.87 Å². The highest BCUT2D eigenvalue weighted by molar-refractivity contribution is 6.36. The summed E-state index contributed by atoms with van der Waals surface area (Å²) in [7, 11) is 0. The Labute approximate surface area is 88.5 Å². The van der Waals surface area contributed by atoms with E-state index in [1.165, 1.54) is 0 Å². The lowest BCUT2D eigenvalue weighted by Crippen LogP contribution is -2.35. The van der Waals surface area contributed by atoms with Crippen molar-refractivity contribution in [3.05, 3.63) is 12.7 Å². The molecule has 0 radical (unpaired) electrons. The lowest BCUT2D eigenvalue weighted by molar-refractivity contribution is -0.129. The summed E-state index contributed by atoms with van der Waals surface area (Å²) in [6.07, 6.45) is 1.70. The van der Waals surface area contributed by atoms with Gasteiger partial charge >= 0.3 is 0 Å². The van der Waals surface area contributed by atoms with E-state index >= 15 is 0 Å². The van der Waals surface area contributed by atoms with Crippen LogP contribution in [0.2, 0.25) is 0 Å². The second-order valence-corrected chi connectivity index (χ2v) is 4.52. The van der Waals surface area contributed by atoms with Gasteiger partial charge in [0.15, 0.2) is 0 Å². The average Bonchev–Trinajstić information content (AvgIpc) is 2.29. The molecular formula is C9H13Cl2NO. The molecule has 1 fully saturated rings. The number of amides is 1. The highest BCUT2D eigenvalue weighted by atomic mass is 35.5. The zero-order chi connectivity index (χ0) is 10.1. The van der Waals surface area contributed by atoms with Crippen LogP contribution in [-0.4, -0.2) is 34.7 Å². The molecule has 1 saturated heterocycles. The minimum absolute atomic E-state index is 0.0308. The summed E-state index contributed by atoms with van der Waals surface area (Å²) in [4.78, 5) is 12.5. The van der Waals surface area contributed by atoms with Gasteiger partial charge in [-0.05, 0) is 6.92 Å². The Morgan fingerprint density at radius 2 is 2.46 bits per heavy atom. The van der Waals surface area contributed by atoms with Gasteiger partial charge in [0, 0.05) is 24.9 Å². The number of halogens is 2. The van der Waals surface area contributed by atoms with Crippen LogP contribution in [-0.2, 0) is 4.79 Å². The molecule has 74 valence electrons. The third kappa shape index (κ3) is 1.84. The van der Waals surface area contributed by atoms with Crippen LogP contribution >= 0.6 is 23.2 Å². The van der Waals surface area contributed by atoms with Gasteiger partial charge < -0.3 is 4.90 Å². The van der Waals surface area contributed by atoms with Gasteiger partial charge in [-0.25, -0.2) is 0 Å². The molecule has 0 saturated carbocycles. The number of likely N-dealkylation sites (tertiary alicyclic amines) is 1. The molecule has 1 aliphatic rings. The molecule has 0 aromatic carbocycles. The van der Waals surface area contributed by atoms with Gasteiger partial charge in [-0.15, -0.1) is 29.8 Å². The maximum atomic E-state index is 11.7. The maximum absolute atomic E-state index is 11.7. The monoisotopic (exact) mass is 221 g/mol. The van der Waals surface area contributed by atoms with Crippen molar-refractivity contribution in [3.8, 4) is 0 Å². The summed E-state index contributed by atoms with van der Waals surface area (Å²) in [6.45, 7) is 6.50. The molecule has 0 spiro atoms. The summed E-state index contributed by atoms with van der Waals surface area (Å²) in [5, 5.41) is 0. The van der Waals surface area contributed by atoms with Crippen molar-refractivity contribution < 1.29 is 4.79 Å². The minimum Gasteiger partial charge on any atom is -0.337 e. The molecule has 0 aliphatic carbocycles. The van der Waals surface area contributed by atoms with E-state index < -0.39 is 4.87 Å². The number of carbonyl (C=O) groups is 1. The van der Waals surface area contributed by atoms with Gasteiger partial charge in [0.2, 0.25) is 5.91 Å². The van der Waals surface area contributed by atoms with Crippen molar-refractivity contribution in [2.75, 3.05) is 19.0 Å². The van der Waals surface area contributed by atoms with Crippen molar-refractivity contribution in [2.24, 2.45) is 5.92 Å². The summed E-state index contributed by atoms with van der Waals surface area (Å²) < 4.78 is 0. The molecule has 4 heteroatoms. The van der Waals surface area contributed by atoms with Crippen molar-refractivity contribution in [1.82, 2.24) is 4.90 Å². The molecule has 0 N–H and O–H groups in total. The highest BCUT2D eigenvalue weighted by Crippen LogP contribution is 2.35. The van der Waals surface area contributed by atoms with Crippen molar-refractivity contribution in [3.63, 3.8) is 0 Å². The zero-order valence-corrected chi connectivity index (χ0v) is 9.11. The Morgan fingerprint density at radius 3 is 2.85 bits per heavy atom. The van der Waals surface area contributed by atoms with E-state index in [0.29, 0.717) is 19.0 Å². The second kappa shape index (κ2) is 3.89.